The maximum absolute atomic E-state index is 12.9. The molecule has 0 aliphatic heterocycles. The zero-order valence-electron chi connectivity index (χ0n) is 15.6. The van der Waals surface area contributed by atoms with E-state index in [4.69, 9.17) is 9.26 Å². The van der Waals surface area contributed by atoms with Crippen molar-refractivity contribution in [2.45, 2.75) is 6.92 Å². The summed E-state index contributed by atoms with van der Waals surface area (Å²) in [5.41, 5.74) is 3.14. The van der Waals surface area contributed by atoms with Crippen LogP contribution in [0, 0.1) is 12.7 Å². The number of carbonyl (C=O) groups is 1. The molecular formula is C23H17FN2O3. The summed E-state index contributed by atoms with van der Waals surface area (Å²) in [6.07, 6.45) is 0. The third-order valence-electron chi connectivity index (χ3n) is 4.34. The van der Waals surface area contributed by atoms with Crippen LogP contribution in [0.25, 0.3) is 22.8 Å². The minimum Gasteiger partial charge on any atom is -0.485 e. The summed E-state index contributed by atoms with van der Waals surface area (Å²) in [6, 6.07) is 20.3. The molecule has 0 spiro atoms. The molecule has 4 aromatic rings. The summed E-state index contributed by atoms with van der Waals surface area (Å²) in [5, 5.41) is 4.03. The Morgan fingerprint density at radius 3 is 2.48 bits per heavy atom. The molecule has 0 unspecified atom stereocenters. The summed E-state index contributed by atoms with van der Waals surface area (Å²) in [7, 11) is 0. The van der Waals surface area contributed by atoms with Gasteiger partial charge >= 0.3 is 0 Å². The number of benzene rings is 3. The fourth-order valence-electron chi connectivity index (χ4n) is 2.80. The number of halogens is 1. The maximum Gasteiger partial charge on any atom is 0.258 e. The van der Waals surface area contributed by atoms with Crippen LogP contribution in [-0.4, -0.2) is 22.5 Å². The van der Waals surface area contributed by atoms with Crippen LogP contribution in [0.2, 0.25) is 0 Å². The molecule has 0 amide bonds. The summed E-state index contributed by atoms with van der Waals surface area (Å²) >= 11 is 0. The van der Waals surface area contributed by atoms with Crippen LogP contribution >= 0.6 is 0 Å². The SMILES string of the molecule is Cc1cccc(-c2nc(-c3ccc(OCC(=O)c4ccc(F)cc4)cc3)no2)c1. The second-order valence-corrected chi connectivity index (χ2v) is 6.54. The lowest BCUT2D eigenvalue weighted by Crippen LogP contribution is -2.11. The van der Waals surface area contributed by atoms with Crippen LogP contribution in [0.1, 0.15) is 15.9 Å². The van der Waals surface area contributed by atoms with Crippen molar-refractivity contribution in [1.82, 2.24) is 10.1 Å². The monoisotopic (exact) mass is 388 g/mol. The minimum atomic E-state index is -0.384. The molecule has 29 heavy (non-hydrogen) atoms. The van der Waals surface area contributed by atoms with E-state index in [1.807, 2.05) is 31.2 Å². The Balaban J connectivity index is 1.42. The smallest absolute Gasteiger partial charge is 0.258 e. The van der Waals surface area contributed by atoms with Gasteiger partial charge in [0.2, 0.25) is 5.82 Å². The van der Waals surface area contributed by atoms with Crippen molar-refractivity contribution < 1.29 is 18.4 Å². The third-order valence-corrected chi connectivity index (χ3v) is 4.34. The Morgan fingerprint density at radius 2 is 1.76 bits per heavy atom. The molecule has 144 valence electrons. The third kappa shape index (κ3) is 4.38. The molecule has 0 N–H and O–H groups in total. The average Bonchev–Trinajstić information content (AvgIpc) is 3.23. The Hall–Kier alpha value is -3.80. The van der Waals surface area contributed by atoms with E-state index in [0.717, 1.165) is 16.7 Å². The van der Waals surface area contributed by atoms with Gasteiger partial charge < -0.3 is 9.26 Å². The predicted octanol–water partition coefficient (Wildman–Crippen LogP) is 5.11. The zero-order valence-corrected chi connectivity index (χ0v) is 15.6. The fraction of sp³-hybridized carbons (Fsp3) is 0.0870. The van der Waals surface area contributed by atoms with Gasteiger partial charge in [0.1, 0.15) is 11.6 Å². The zero-order chi connectivity index (χ0) is 20.2. The number of nitrogens with zero attached hydrogens (tertiary/aromatic N) is 2. The molecular weight excluding hydrogens is 371 g/mol. The molecule has 0 aliphatic rings. The summed E-state index contributed by atoms with van der Waals surface area (Å²) in [5.74, 6) is 0.844. The number of hydrogen-bond acceptors (Lipinski definition) is 5. The molecule has 0 aliphatic carbocycles. The average molecular weight is 388 g/mol. The lowest BCUT2D eigenvalue weighted by atomic mass is 10.1. The van der Waals surface area contributed by atoms with Gasteiger partial charge in [0.05, 0.1) is 0 Å². The number of carbonyl (C=O) groups excluding carboxylic acids is 1. The van der Waals surface area contributed by atoms with Gasteiger partial charge in [0.15, 0.2) is 12.4 Å². The van der Waals surface area contributed by atoms with E-state index in [2.05, 4.69) is 10.1 Å². The molecule has 1 heterocycles. The van der Waals surface area contributed by atoms with Crippen molar-refractivity contribution >= 4 is 5.78 Å². The Labute approximate surface area is 166 Å². The van der Waals surface area contributed by atoms with Crippen LogP contribution in [0.5, 0.6) is 5.75 Å². The number of ketones is 1. The van der Waals surface area contributed by atoms with E-state index in [1.54, 1.807) is 24.3 Å². The second kappa shape index (κ2) is 8.06. The molecule has 1 aromatic heterocycles. The first-order valence-electron chi connectivity index (χ1n) is 9.01. The molecule has 5 nitrogen and oxygen atoms in total. The van der Waals surface area contributed by atoms with Gasteiger partial charge in [-0.3, -0.25) is 4.79 Å². The quantitative estimate of drug-likeness (QED) is 0.429. The fourth-order valence-corrected chi connectivity index (χ4v) is 2.80. The van der Waals surface area contributed by atoms with Crippen molar-refractivity contribution in [3.05, 3.63) is 89.7 Å². The van der Waals surface area contributed by atoms with Gasteiger partial charge in [0.25, 0.3) is 5.89 Å². The topological polar surface area (TPSA) is 65.2 Å². The van der Waals surface area contributed by atoms with E-state index >= 15 is 0 Å². The number of rotatable bonds is 6. The largest absolute Gasteiger partial charge is 0.485 e. The highest BCUT2D eigenvalue weighted by Crippen LogP contribution is 2.24. The van der Waals surface area contributed by atoms with Crippen molar-refractivity contribution in [1.29, 1.82) is 0 Å². The van der Waals surface area contributed by atoms with Crippen molar-refractivity contribution in [2.75, 3.05) is 6.61 Å². The highest BCUT2D eigenvalue weighted by molar-refractivity contribution is 5.97. The normalized spacial score (nSPS) is 10.7. The van der Waals surface area contributed by atoms with E-state index < -0.39 is 0 Å². The lowest BCUT2D eigenvalue weighted by Gasteiger charge is -2.06. The van der Waals surface area contributed by atoms with Crippen molar-refractivity contribution in [3.8, 4) is 28.6 Å². The van der Waals surface area contributed by atoms with Gasteiger partial charge in [0, 0.05) is 16.7 Å². The first-order chi connectivity index (χ1) is 14.1. The second-order valence-electron chi connectivity index (χ2n) is 6.54. The molecule has 0 saturated carbocycles. The van der Waals surface area contributed by atoms with Gasteiger partial charge in [-0.25, -0.2) is 4.39 Å². The first-order valence-corrected chi connectivity index (χ1v) is 9.01. The summed E-state index contributed by atoms with van der Waals surface area (Å²) in [4.78, 5) is 16.5. The minimum absolute atomic E-state index is 0.134. The molecule has 0 radical (unpaired) electrons. The van der Waals surface area contributed by atoms with E-state index in [9.17, 15) is 9.18 Å². The molecule has 0 bridgehead atoms. The highest BCUT2D eigenvalue weighted by Gasteiger charge is 2.11. The Kier molecular flexibility index (Phi) is 5.16. The first kappa shape index (κ1) is 18.6. The van der Waals surface area contributed by atoms with Gasteiger partial charge in [-0.1, -0.05) is 22.9 Å². The van der Waals surface area contributed by atoms with Crippen LogP contribution in [-0.2, 0) is 0 Å². The van der Waals surface area contributed by atoms with E-state index in [0.29, 0.717) is 23.0 Å². The predicted molar refractivity (Wildman–Crippen MR) is 106 cm³/mol. The van der Waals surface area contributed by atoms with Crippen molar-refractivity contribution in [3.63, 3.8) is 0 Å². The van der Waals surface area contributed by atoms with Crippen LogP contribution in [0.3, 0.4) is 0 Å². The molecule has 0 atom stereocenters. The van der Waals surface area contributed by atoms with E-state index in [-0.39, 0.29) is 18.2 Å². The number of aryl methyl sites for hydroxylation is 1. The lowest BCUT2D eigenvalue weighted by molar-refractivity contribution is 0.0921. The number of ether oxygens (including phenoxy) is 1. The van der Waals surface area contributed by atoms with Crippen LogP contribution in [0.15, 0.2) is 77.3 Å². The van der Waals surface area contributed by atoms with Crippen molar-refractivity contribution in [2.24, 2.45) is 0 Å². The molecule has 6 heteroatoms. The van der Waals surface area contributed by atoms with Gasteiger partial charge in [-0.2, -0.15) is 4.98 Å². The maximum atomic E-state index is 12.9. The standard InChI is InChI=1S/C23H17FN2O3/c1-15-3-2-4-18(13-15)23-25-22(26-29-23)17-7-11-20(12-8-17)28-14-21(27)16-5-9-19(24)10-6-16/h2-13H,14H2,1H3. The summed E-state index contributed by atoms with van der Waals surface area (Å²) in [6.45, 7) is 1.87. The molecule has 0 fully saturated rings. The number of Topliss-reactive ketones (excluding diaryl/α,β-unsaturated/α-hetero) is 1. The molecule has 3 aromatic carbocycles. The van der Waals surface area contributed by atoms with E-state index in [1.165, 1.54) is 24.3 Å². The Morgan fingerprint density at radius 1 is 1.00 bits per heavy atom. The highest BCUT2D eigenvalue weighted by atomic mass is 19.1. The van der Waals surface area contributed by atoms with Gasteiger partial charge in [-0.15, -0.1) is 0 Å². The Bertz CT molecular complexity index is 1140. The van der Waals surface area contributed by atoms with Crippen LogP contribution < -0.4 is 4.74 Å². The van der Waals surface area contributed by atoms with Gasteiger partial charge in [-0.05, 0) is 67.6 Å². The number of hydrogen-bond donors (Lipinski definition) is 0. The molecule has 0 saturated heterocycles. The number of aromatic nitrogens is 2. The molecule has 4 rings (SSSR count). The van der Waals surface area contributed by atoms with Crippen LogP contribution in [0.4, 0.5) is 4.39 Å². The summed E-state index contributed by atoms with van der Waals surface area (Å²) < 4.78 is 23.8.